The second-order valence-electron chi connectivity index (χ2n) is 4.13. The van der Waals surface area contributed by atoms with E-state index in [1.807, 2.05) is 12.1 Å². The van der Waals surface area contributed by atoms with Crippen LogP contribution in [0.15, 0.2) is 22.7 Å². The van der Waals surface area contributed by atoms with Crippen LogP contribution in [0.5, 0.6) is 0 Å². The number of hydrogen-bond donors (Lipinski definition) is 1. The van der Waals surface area contributed by atoms with Crippen LogP contribution in [0.1, 0.15) is 32.3 Å². The van der Waals surface area contributed by atoms with Crippen LogP contribution in [0.4, 0.5) is 0 Å². The van der Waals surface area contributed by atoms with Crippen LogP contribution in [0.3, 0.4) is 0 Å². The van der Waals surface area contributed by atoms with Gasteiger partial charge in [0.05, 0.1) is 0 Å². The Morgan fingerprint density at radius 1 is 1.44 bits per heavy atom. The Labute approximate surface area is 112 Å². The maximum atomic E-state index is 6.17. The summed E-state index contributed by atoms with van der Waals surface area (Å²) in [6.45, 7) is 5.50. The van der Waals surface area contributed by atoms with Crippen molar-refractivity contribution in [2.45, 2.75) is 39.2 Å². The van der Waals surface area contributed by atoms with E-state index in [0.29, 0.717) is 6.04 Å². The molecule has 1 nitrogen and oxygen atoms in total. The van der Waals surface area contributed by atoms with Crippen LogP contribution in [-0.2, 0) is 6.42 Å². The molecule has 1 unspecified atom stereocenters. The lowest BCUT2D eigenvalue weighted by molar-refractivity contribution is 0.514. The highest BCUT2D eigenvalue weighted by Gasteiger charge is 2.04. The summed E-state index contributed by atoms with van der Waals surface area (Å²) in [4.78, 5) is 0. The number of benzene rings is 1. The van der Waals surface area contributed by atoms with Crippen LogP contribution in [0, 0.1) is 0 Å². The Morgan fingerprint density at radius 2 is 2.19 bits per heavy atom. The fourth-order valence-corrected chi connectivity index (χ4v) is 2.36. The van der Waals surface area contributed by atoms with E-state index in [2.05, 4.69) is 41.2 Å². The van der Waals surface area contributed by atoms with Crippen molar-refractivity contribution in [3.05, 3.63) is 33.3 Å². The second kappa shape index (κ2) is 7.31. The molecule has 0 amide bonds. The van der Waals surface area contributed by atoms with Crippen molar-refractivity contribution in [3.8, 4) is 0 Å². The third-order valence-corrected chi connectivity index (χ3v) is 3.45. The maximum absolute atomic E-state index is 6.17. The molecule has 1 atom stereocenters. The standard InChI is InChI=1S/C13H19BrClN/c1-3-8-16-10(2)4-5-11-6-7-12(14)9-13(11)15/h6-7,9-10,16H,3-5,8H2,1-2H3. The van der Waals surface area contributed by atoms with E-state index in [1.54, 1.807) is 0 Å². The Balaban J connectivity index is 2.42. The number of hydrogen-bond acceptors (Lipinski definition) is 1. The van der Waals surface area contributed by atoms with Gasteiger partial charge in [0.2, 0.25) is 0 Å². The van der Waals surface area contributed by atoms with Gasteiger partial charge in [-0.1, -0.05) is 40.5 Å². The van der Waals surface area contributed by atoms with Gasteiger partial charge in [-0.05, 0) is 50.4 Å². The van der Waals surface area contributed by atoms with Gasteiger partial charge >= 0.3 is 0 Å². The largest absolute Gasteiger partial charge is 0.314 e. The first kappa shape index (κ1) is 14.0. The summed E-state index contributed by atoms with van der Waals surface area (Å²) >= 11 is 9.58. The van der Waals surface area contributed by atoms with Gasteiger partial charge in [-0.3, -0.25) is 0 Å². The summed E-state index contributed by atoms with van der Waals surface area (Å²) in [6, 6.07) is 6.66. The first-order valence-corrected chi connectivity index (χ1v) is 6.98. The second-order valence-corrected chi connectivity index (χ2v) is 5.45. The molecule has 1 aromatic carbocycles. The van der Waals surface area contributed by atoms with E-state index >= 15 is 0 Å². The topological polar surface area (TPSA) is 12.0 Å². The first-order chi connectivity index (χ1) is 7.63. The molecule has 0 saturated carbocycles. The van der Waals surface area contributed by atoms with Crippen molar-refractivity contribution in [2.24, 2.45) is 0 Å². The average molecular weight is 305 g/mol. The van der Waals surface area contributed by atoms with E-state index in [0.717, 1.165) is 28.9 Å². The van der Waals surface area contributed by atoms with Gasteiger partial charge in [-0.25, -0.2) is 0 Å². The first-order valence-electron chi connectivity index (χ1n) is 5.80. The maximum Gasteiger partial charge on any atom is 0.0449 e. The smallest absolute Gasteiger partial charge is 0.0449 e. The highest BCUT2D eigenvalue weighted by Crippen LogP contribution is 2.22. The molecule has 0 aliphatic rings. The molecule has 0 heterocycles. The van der Waals surface area contributed by atoms with E-state index in [9.17, 15) is 0 Å². The molecular formula is C13H19BrClN. The van der Waals surface area contributed by atoms with Crippen LogP contribution < -0.4 is 5.32 Å². The van der Waals surface area contributed by atoms with Crippen molar-refractivity contribution in [1.82, 2.24) is 5.32 Å². The number of halogens is 2. The highest BCUT2D eigenvalue weighted by molar-refractivity contribution is 9.10. The third kappa shape index (κ3) is 4.86. The number of nitrogens with one attached hydrogen (secondary N) is 1. The molecule has 0 bridgehead atoms. The van der Waals surface area contributed by atoms with Gasteiger partial charge in [0.25, 0.3) is 0 Å². The van der Waals surface area contributed by atoms with Gasteiger partial charge in [0.15, 0.2) is 0 Å². The lowest BCUT2D eigenvalue weighted by atomic mass is 10.1. The zero-order valence-electron chi connectivity index (χ0n) is 9.89. The third-order valence-electron chi connectivity index (χ3n) is 2.60. The molecule has 0 aliphatic carbocycles. The van der Waals surface area contributed by atoms with Crippen molar-refractivity contribution in [1.29, 1.82) is 0 Å². The van der Waals surface area contributed by atoms with Crippen LogP contribution >= 0.6 is 27.5 Å². The van der Waals surface area contributed by atoms with Gasteiger partial charge in [0.1, 0.15) is 0 Å². The fourth-order valence-electron chi connectivity index (χ4n) is 1.59. The summed E-state index contributed by atoms with van der Waals surface area (Å²) in [5.41, 5.74) is 1.23. The molecule has 0 radical (unpaired) electrons. The normalized spacial score (nSPS) is 12.8. The predicted molar refractivity (Wildman–Crippen MR) is 75.2 cm³/mol. The summed E-state index contributed by atoms with van der Waals surface area (Å²) in [6.07, 6.45) is 3.34. The van der Waals surface area contributed by atoms with Gasteiger partial charge in [-0.15, -0.1) is 0 Å². The summed E-state index contributed by atoms with van der Waals surface area (Å²) in [5.74, 6) is 0. The molecule has 0 aromatic heterocycles. The molecule has 1 rings (SSSR count). The monoisotopic (exact) mass is 303 g/mol. The van der Waals surface area contributed by atoms with Crippen molar-refractivity contribution in [3.63, 3.8) is 0 Å². The summed E-state index contributed by atoms with van der Waals surface area (Å²) in [5, 5.41) is 4.34. The molecule has 0 fully saturated rings. The summed E-state index contributed by atoms with van der Waals surface area (Å²) < 4.78 is 1.04. The molecule has 0 aliphatic heterocycles. The molecule has 16 heavy (non-hydrogen) atoms. The highest BCUT2D eigenvalue weighted by atomic mass is 79.9. The van der Waals surface area contributed by atoms with Crippen LogP contribution in [-0.4, -0.2) is 12.6 Å². The Morgan fingerprint density at radius 3 is 2.81 bits per heavy atom. The van der Waals surface area contributed by atoms with E-state index in [1.165, 1.54) is 12.0 Å². The van der Waals surface area contributed by atoms with Gasteiger partial charge < -0.3 is 5.32 Å². The Kier molecular flexibility index (Phi) is 6.40. The predicted octanol–water partition coefficient (Wildman–Crippen LogP) is 4.42. The zero-order chi connectivity index (χ0) is 12.0. The fraction of sp³-hybridized carbons (Fsp3) is 0.538. The molecule has 1 aromatic rings. The molecule has 0 spiro atoms. The lowest BCUT2D eigenvalue weighted by Gasteiger charge is -2.13. The van der Waals surface area contributed by atoms with Gasteiger partial charge in [-0.2, -0.15) is 0 Å². The average Bonchev–Trinajstić information content (AvgIpc) is 2.25. The van der Waals surface area contributed by atoms with Crippen molar-refractivity contribution >= 4 is 27.5 Å². The molecule has 0 saturated heterocycles. The van der Waals surface area contributed by atoms with Crippen molar-refractivity contribution in [2.75, 3.05) is 6.54 Å². The summed E-state index contributed by atoms with van der Waals surface area (Å²) in [7, 11) is 0. The number of rotatable bonds is 6. The Hall–Kier alpha value is -0.0500. The minimum absolute atomic E-state index is 0.555. The van der Waals surface area contributed by atoms with Gasteiger partial charge in [0, 0.05) is 15.5 Å². The molecular weight excluding hydrogens is 286 g/mol. The van der Waals surface area contributed by atoms with Crippen LogP contribution in [0.25, 0.3) is 0 Å². The minimum Gasteiger partial charge on any atom is -0.314 e. The zero-order valence-corrected chi connectivity index (χ0v) is 12.2. The number of aryl methyl sites for hydroxylation is 1. The van der Waals surface area contributed by atoms with Crippen molar-refractivity contribution < 1.29 is 0 Å². The van der Waals surface area contributed by atoms with E-state index < -0.39 is 0 Å². The minimum atomic E-state index is 0.555. The van der Waals surface area contributed by atoms with Crippen LogP contribution in [0.2, 0.25) is 5.02 Å². The quantitative estimate of drug-likeness (QED) is 0.820. The lowest BCUT2D eigenvalue weighted by Crippen LogP contribution is -2.27. The molecule has 3 heteroatoms. The Bertz CT molecular complexity index is 328. The SMILES string of the molecule is CCCNC(C)CCc1ccc(Br)cc1Cl. The van der Waals surface area contributed by atoms with E-state index in [4.69, 9.17) is 11.6 Å². The van der Waals surface area contributed by atoms with E-state index in [-0.39, 0.29) is 0 Å². The molecule has 90 valence electrons. The molecule has 1 N–H and O–H groups in total.